The summed E-state index contributed by atoms with van der Waals surface area (Å²) in [4.78, 5) is 26.8. The standard InChI is InChI=1S/C21H22N2O2S/c1-16(18-10-6-3-7-11-18)22-21(25)19-14-26-15-23(19)20(24)13-12-17-8-4-2-5-9-17/h2-13,16,19H,14-15H2,1H3,(H,22,25)/b13-12+. The molecule has 2 aromatic carbocycles. The number of nitrogens with one attached hydrogen (secondary N) is 1. The Bertz CT molecular complexity index is 777. The van der Waals surface area contributed by atoms with Crippen LogP contribution in [0.15, 0.2) is 66.7 Å². The number of hydrogen-bond donors (Lipinski definition) is 1. The van der Waals surface area contributed by atoms with Gasteiger partial charge in [-0.1, -0.05) is 60.7 Å². The molecular formula is C21H22N2O2S. The molecule has 134 valence electrons. The maximum Gasteiger partial charge on any atom is 0.247 e. The van der Waals surface area contributed by atoms with Gasteiger partial charge in [0, 0.05) is 11.8 Å². The summed E-state index contributed by atoms with van der Waals surface area (Å²) < 4.78 is 0. The number of carbonyl (C=O) groups excluding carboxylic acids is 2. The molecule has 4 nitrogen and oxygen atoms in total. The van der Waals surface area contributed by atoms with Gasteiger partial charge in [-0.25, -0.2) is 0 Å². The van der Waals surface area contributed by atoms with Crippen molar-refractivity contribution in [3.05, 3.63) is 77.9 Å². The monoisotopic (exact) mass is 366 g/mol. The van der Waals surface area contributed by atoms with E-state index in [-0.39, 0.29) is 17.9 Å². The summed E-state index contributed by atoms with van der Waals surface area (Å²) in [6.07, 6.45) is 3.33. The summed E-state index contributed by atoms with van der Waals surface area (Å²) >= 11 is 1.60. The minimum atomic E-state index is -0.431. The molecule has 1 N–H and O–H groups in total. The lowest BCUT2D eigenvalue weighted by Crippen LogP contribution is -2.47. The summed E-state index contributed by atoms with van der Waals surface area (Å²) in [6.45, 7) is 1.96. The van der Waals surface area contributed by atoms with Crippen LogP contribution in [0.25, 0.3) is 6.08 Å². The normalized spacial score (nSPS) is 18.0. The third-order valence-electron chi connectivity index (χ3n) is 4.34. The van der Waals surface area contributed by atoms with Crippen LogP contribution in [0.2, 0.25) is 0 Å². The van der Waals surface area contributed by atoms with Crippen molar-refractivity contribution in [2.75, 3.05) is 11.6 Å². The molecule has 0 aliphatic carbocycles. The predicted molar refractivity (Wildman–Crippen MR) is 106 cm³/mol. The molecular weight excluding hydrogens is 344 g/mol. The van der Waals surface area contributed by atoms with Crippen molar-refractivity contribution in [2.24, 2.45) is 0 Å². The molecule has 1 aliphatic rings. The third kappa shape index (κ3) is 4.55. The highest BCUT2D eigenvalue weighted by Crippen LogP contribution is 2.23. The average molecular weight is 366 g/mol. The Morgan fingerprint density at radius 2 is 1.77 bits per heavy atom. The number of rotatable bonds is 5. The first-order valence-corrected chi connectivity index (χ1v) is 9.77. The Kier molecular flexibility index (Phi) is 6.12. The molecule has 0 bridgehead atoms. The zero-order valence-corrected chi connectivity index (χ0v) is 15.5. The van der Waals surface area contributed by atoms with Crippen molar-refractivity contribution in [3.8, 4) is 0 Å². The summed E-state index contributed by atoms with van der Waals surface area (Å²) in [6, 6.07) is 19.0. The number of amides is 2. The SMILES string of the molecule is CC(NC(=O)C1CSCN1C(=O)/C=C/c1ccccc1)c1ccccc1. The van der Waals surface area contributed by atoms with Crippen molar-refractivity contribution >= 4 is 29.7 Å². The van der Waals surface area contributed by atoms with E-state index < -0.39 is 6.04 Å². The van der Waals surface area contributed by atoms with E-state index in [4.69, 9.17) is 0 Å². The van der Waals surface area contributed by atoms with Gasteiger partial charge in [0.1, 0.15) is 6.04 Å². The van der Waals surface area contributed by atoms with E-state index in [9.17, 15) is 9.59 Å². The molecule has 1 heterocycles. The number of hydrogen-bond acceptors (Lipinski definition) is 3. The van der Waals surface area contributed by atoms with Crippen molar-refractivity contribution in [1.82, 2.24) is 10.2 Å². The van der Waals surface area contributed by atoms with Crippen molar-refractivity contribution in [2.45, 2.75) is 19.0 Å². The zero-order valence-electron chi connectivity index (χ0n) is 14.7. The second-order valence-electron chi connectivity index (χ2n) is 6.21. The van der Waals surface area contributed by atoms with Gasteiger partial charge in [0.15, 0.2) is 0 Å². The number of carbonyl (C=O) groups is 2. The molecule has 0 saturated carbocycles. The van der Waals surface area contributed by atoms with E-state index in [2.05, 4.69) is 5.32 Å². The van der Waals surface area contributed by atoms with Crippen LogP contribution in [-0.2, 0) is 9.59 Å². The first-order chi connectivity index (χ1) is 12.6. The smallest absolute Gasteiger partial charge is 0.247 e. The molecule has 2 aromatic rings. The van der Waals surface area contributed by atoms with Crippen LogP contribution in [0.4, 0.5) is 0 Å². The van der Waals surface area contributed by atoms with E-state index in [0.29, 0.717) is 11.6 Å². The van der Waals surface area contributed by atoms with Gasteiger partial charge in [-0.2, -0.15) is 0 Å². The Morgan fingerprint density at radius 1 is 1.12 bits per heavy atom. The molecule has 1 saturated heterocycles. The molecule has 5 heteroatoms. The number of thioether (sulfide) groups is 1. The largest absolute Gasteiger partial charge is 0.348 e. The molecule has 0 spiro atoms. The summed E-state index contributed by atoms with van der Waals surface area (Å²) in [5, 5.41) is 3.03. The predicted octanol–water partition coefficient (Wildman–Crippen LogP) is 3.48. The summed E-state index contributed by atoms with van der Waals surface area (Å²) in [5.74, 6) is 0.924. The van der Waals surface area contributed by atoms with Gasteiger partial charge in [0.05, 0.1) is 11.9 Å². The van der Waals surface area contributed by atoms with E-state index in [1.165, 1.54) is 0 Å². The Labute approximate surface area is 158 Å². The topological polar surface area (TPSA) is 49.4 Å². The molecule has 0 radical (unpaired) electrons. The molecule has 0 aromatic heterocycles. The fourth-order valence-corrected chi connectivity index (χ4v) is 4.00. The van der Waals surface area contributed by atoms with Crippen LogP contribution >= 0.6 is 11.8 Å². The quantitative estimate of drug-likeness (QED) is 0.824. The third-order valence-corrected chi connectivity index (χ3v) is 5.36. The Balaban J connectivity index is 1.63. The van der Waals surface area contributed by atoms with E-state index >= 15 is 0 Å². The second kappa shape index (κ2) is 8.72. The molecule has 26 heavy (non-hydrogen) atoms. The van der Waals surface area contributed by atoms with E-state index in [0.717, 1.165) is 11.1 Å². The molecule has 3 rings (SSSR count). The lowest BCUT2D eigenvalue weighted by molar-refractivity contribution is -0.135. The highest BCUT2D eigenvalue weighted by molar-refractivity contribution is 7.99. The molecule has 1 aliphatic heterocycles. The van der Waals surface area contributed by atoms with Crippen LogP contribution < -0.4 is 5.32 Å². The first-order valence-electron chi connectivity index (χ1n) is 8.62. The van der Waals surface area contributed by atoms with Crippen LogP contribution in [0, 0.1) is 0 Å². The Morgan fingerprint density at radius 3 is 2.46 bits per heavy atom. The molecule has 1 fully saturated rings. The van der Waals surface area contributed by atoms with Gasteiger partial charge in [-0.15, -0.1) is 11.8 Å². The van der Waals surface area contributed by atoms with Gasteiger partial charge < -0.3 is 10.2 Å². The Hall–Kier alpha value is -2.53. The number of nitrogens with zero attached hydrogens (tertiary/aromatic N) is 1. The molecule has 2 amide bonds. The van der Waals surface area contributed by atoms with Gasteiger partial charge in [0.2, 0.25) is 11.8 Å². The highest BCUT2D eigenvalue weighted by atomic mass is 32.2. The lowest BCUT2D eigenvalue weighted by Gasteiger charge is -2.24. The van der Waals surface area contributed by atoms with Crippen LogP contribution in [-0.4, -0.2) is 34.4 Å². The van der Waals surface area contributed by atoms with E-state index in [1.54, 1.807) is 28.8 Å². The van der Waals surface area contributed by atoms with Crippen molar-refractivity contribution in [1.29, 1.82) is 0 Å². The number of benzene rings is 2. The fourth-order valence-electron chi connectivity index (χ4n) is 2.84. The minimum absolute atomic E-state index is 0.0916. The maximum absolute atomic E-state index is 12.7. The second-order valence-corrected chi connectivity index (χ2v) is 7.21. The maximum atomic E-state index is 12.7. The lowest BCUT2D eigenvalue weighted by atomic mass is 10.1. The minimum Gasteiger partial charge on any atom is -0.348 e. The van der Waals surface area contributed by atoms with Gasteiger partial charge >= 0.3 is 0 Å². The van der Waals surface area contributed by atoms with Crippen LogP contribution in [0.5, 0.6) is 0 Å². The zero-order chi connectivity index (χ0) is 18.4. The van der Waals surface area contributed by atoms with Crippen LogP contribution in [0.1, 0.15) is 24.1 Å². The van der Waals surface area contributed by atoms with Crippen molar-refractivity contribution in [3.63, 3.8) is 0 Å². The van der Waals surface area contributed by atoms with Crippen LogP contribution in [0.3, 0.4) is 0 Å². The molecule has 2 atom stereocenters. The summed E-state index contributed by atoms with van der Waals surface area (Å²) in [7, 11) is 0. The highest BCUT2D eigenvalue weighted by Gasteiger charge is 2.34. The van der Waals surface area contributed by atoms with Gasteiger partial charge in [-0.3, -0.25) is 9.59 Å². The van der Waals surface area contributed by atoms with Gasteiger partial charge in [-0.05, 0) is 24.1 Å². The van der Waals surface area contributed by atoms with Crippen molar-refractivity contribution < 1.29 is 9.59 Å². The van der Waals surface area contributed by atoms with Gasteiger partial charge in [0.25, 0.3) is 0 Å². The first kappa shape index (κ1) is 18.3. The molecule has 2 unspecified atom stereocenters. The van der Waals surface area contributed by atoms with E-state index in [1.807, 2.05) is 67.6 Å². The average Bonchev–Trinajstić information content (AvgIpc) is 3.17. The fraction of sp³-hybridized carbons (Fsp3) is 0.238. The summed E-state index contributed by atoms with van der Waals surface area (Å²) in [5.41, 5.74) is 2.01.